The Labute approximate surface area is 239 Å². The maximum atomic E-state index is 6.82. The van der Waals surface area contributed by atoms with Crippen LogP contribution in [0.1, 0.15) is 171 Å². The molecule has 0 amide bonds. The molecule has 0 aromatic rings. The fraction of sp³-hybridized carbons (Fsp3) is 0.889. The van der Waals surface area contributed by atoms with Crippen LogP contribution in [0.3, 0.4) is 0 Å². The Bertz CT molecular complexity index is 649. The first-order chi connectivity index (χ1) is 18.4. The second-order valence-corrected chi connectivity index (χ2v) is 12.5. The third-order valence-electron chi connectivity index (χ3n) is 9.41. The number of unbranched alkanes of at least 4 members (excludes halogenated alkanes) is 2. The maximum Gasteiger partial charge on any atom is 0.160 e. The Morgan fingerprint density at radius 1 is 0.658 bits per heavy atom. The molecule has 2 aliphatic rings. The van der Waals surface area contributed by atoms with E-state index in [2.05, 4.69) is 48.5 Å². The van der Waals surface area contributed by atoms with Gasteiger partial charge in [0.15, 0.2) is 11.5 Å². The zero-order valence-electron chi connectivity index (χ0n) is 27.5. The zero-order chi connectivity index (χ0) is 28.4. The van der Waals surface area contributed by atoms with Crippen LogP contribution in [0.4, 0.5) is 0 Å². The van der Waals surface area contributed by atoms with Gasteiger partial charge in [-0.3, -0.25) is 0 Å². The van der Waals surface area contributed by atoms with Crippen molar-refractivity contribution in [2.75, 3.05) is 13.2 Å². The minimum absolute atomic E-state index is 0.157. The van der Waals surface area contributed by atoms with Crippen LogP contribution in [0, 0.1) is 23.2 Å². The lowest BCUT2D eigenvalue weighted by Crippen LogP contribution is -2.31. The number of fused-ring (bicyclic) bond motifs is 1. The lowest BCUT2D eigenvalue weighted by molar-refractivity contribution is 0.0430. The molecule has 1 aliphatic carbocycles. The molecule has 1 saturated heterocycles. The third kappa shape index (κ3) is 11.3. The Hall–Kier alpha value is -0.920. The highest BCUT2D eigenvalue weighted by Crippen LogP contribution is 2.44. The SMILES string of the molecule is CC.CCCCC(CC)CCCC1(CCCC(CC)CCCC)COC2=C(CC)CCC(C(C)C)=C2OC1. The molecule has 2 atom stereocenters. The van der Waals surface area contributed by atoms with Crippen molar-refractivity contribution in [1.82, 2.24) is 0 Å². The zero-order valence-corrected chi connectivity index (χ0v) is 27.5. The normalized spacial score (nSPS) is 21.2. The Balaban J connectivity index is 0.00000352. The predicted octanol–water partition coefficient (Wildman–Crippen LogP) is 12.2. The van der Waals surface area contributed by atoms with Crippen LogP contribution in [0.2, 0.25) is 0 Å². The summed E-state index contributed by atoms with van der Waals surface area (Å²) in [5.74, 6) is 4.55. The van der Waals surface area contributed by atoms with Crippen LogP contribution >= 0.6 is 0 Å². The number of allylic oxidation sites excluding steroid dienone is 2. The van der Waals surface area contributed by atoms with E-state index in [0.717, 1.165) is 55.8 Å². The van der Waals surface area contributed by atoms with Gasteiger partial charge in [0.2, 0.25) is 0 Å². The molecular formula is C36H68O2. The van der Waals surface area contributed by atoms with Gasteiger partial charge in [-0.25, -0.2) is 0 Å². The van der Waals surface area contributed by atoms with Crippen LogP contribution in [0.5, 0.6) is 0 Å². The minimum atomic E-state index is 0.157. The van der Waals surface area contributed by atoms with Gasteiger partial charge in [-0.05, 0) is 61.0 Å². The van der Waals surface area contributed by atoms with Crippen LogP contribution in [0.15, 0.2) is 22.7 Å². The molecule has 2 rings (SSSR count). The van der Waals surface area contributed by atoms with E-state index in [4.69, 9.17) is 9.47 Å². The van der Waals surface area contributed by atoms with Gasteiger partial charge in [0.25, 0.3) is 0 Å². The largest absolute Gasteiger partial charge is 0.489 e. The van der Waals surface area contributed by atoms with E-state index in [1.807, 2.05) is 13.8 Å². The summed E-state index contributed by atoms with van der Waals surface area (Å²) >= 11 is 0. The molecule has 0 aromatic heterocycles. The average molecular weight is 533 g/mol. The van der Waals surface area contributed by atoms with Gasteiger partial charge in [0, 0.05) is 5.41 Å². The van der Waals surface area contributed by atoms with Gasteiger partial charge < -0.3 is 9.47 Å². The van der Waals surface area contributed by atoms with E-state index in [-0.39, 0.29) is 5.41 Å². The van der Waals surface area contributed by atoms with Gasteiger partial charge in [-0.2, -0.15) is 0 Å². The number of ether oxygens (including phenoxy) is 2. The molecule has 38 heavy (non-hydrogen) atoms. The van der Waals surface area contributed by atoms with Crippen LogP contribution < -0.4 is 0 Å². The molecule has 0 radical (unpaired) electrons. The van der Waals surface area contributed by atoms with Crippen molar-refractivity contribution in [2.24, 2.45) is 23.2 Å². The summed E-state index contributed by atoms with van der Waals surface area (Å²) < 4.78 is 13.6. The molecule has 1 aliphatic heterocycles. The second-order valence-electron chi connectivity index (χ2n) is 12.5. The van der Waals surface area contributed by atoms with Crippen molar-refractivity contribution in [1.29, 1.82) is 0 Å². The second kappa shape index (κ2) is 20.0. The van der Waals surface area contributed by atoms with Gasteiger partial charge >= 0.3 is 0 Å². The molecular weight excluding hydrogens is 464 g/mol. The fourth-order valence-electron chi connectivity index (χ4n) is 6.56. The first-order valence-corrected chi connectivity index (χ1v) is 17.1. The van der Waals surface area contributed by atoms with Gasteiger partial charge in [0.05, 0.1) is 13.2 Å². The summed E-state index contributed by atoms with van der Waals surface area (Å²) in [7, 11) is 0. The van der Waals surface area contributed by atoms with Gasteiger partial charge in [0.1, 0.15) is 0 Å². The van der Waals surface area contributed by atoms with Crippen LogP contribution in [-0.2, 0) is 9.47 Å². The van der Waals surface area contributed by atoms with Gasteiger partial charge in [-0.1, -0.05) is 139 Å². The molecule has 2 unspecified atom stereocenters. The number of hydrogen-bond donors (Lipinski definition) is 0. The average Bonchev–Trinajstić information content (AvgIpc) is 3.13. The molecule has 1 fully saturated rings. The van der Waals surface area contributed by atoms with Crippen molar-refractivity contribution < 1.29 is 9.47 Å². The van der Waals surface area contributed by atoms with E-state index in [1.54, 1.807) is 0 Å². The fourth-order valence-corrected chi connectivity index (χ4v) is 6.56. The summed E-state index contributed by atoms with van der Waals surface area (Å²) in [5.41, 5.74) is 3.11. The van der Waals surface area contributed by atoms with Crippen molar-refractivity contribution in [3.8, 4) is 0 Å². The Morgan fingerprint density at radius 3 is 1.55 bits per heavy atom. The van der Waals surface area contributed by atoms with E-state index < -0.39 is 0 Å². The highest BCUT2D eigenvalue weighted by molar-refractivity contribution is 5.36. The van der Waals surface area contributed by atoms with Crippen LogP contribution in [0.25, 0.3) is 0 Å². The predicted molar refractivity (Wildman–Crippen MR) is 168 cm³/mol. The lowest BCUT2D eigenvalue weighted by Gasteiger charge is -2.32. The van der Waals surface area contributed by atoms with E-state index in [9.17, 15) is 0 Å². The highest BCUT2D eigenvalue weighted by atomic mass is 16.5. The first-order valence-electron chi connectivity index (χ1n) is 17.1. The molecule has 2 nitrogen and oxygen atoms in total. The molecule has 0 N–H and O–H groups in total. The topological polar surface area (TPSA) is 18.5 Å². The molecule has 0 spiro atoms. The summed E-state index contributed by atoms with van der Waals surface area (Å²) in [6, 6.07) is 0. The number of rotatable bonds is 18. The summed E-state index contributed by atoms with van der Waals surface area (Å²) in [6.07, 6.45) is 22.1. The lowest BCUT2D eigenvalue weighted by atomic mass is 9.77. The smallest absolute Gasteiger partial charge is 0.160 e. The first kappa shape index (κ1) is 35.1. The molecule has 2 heteroatoms. The van der Waals surface area contributed by atoms with Crippen LogP contribution in [-0.4, -0.2) is 13.2 Å². The quantitative estimate of drug-likeness (QED) is 0.175. The Kier molecular flexibility index (Phi) is 18.5. The van der Waals surface area contributed by atoms with Crippen molar-refractivity contribution in [2.45, 2.75) is 171 Å². The van der Waals surface area contributed by atoms with Crippen molar-refractivity contribution >= 4 is 0 Å². The molecule has 0 saturated carbocycles. The Morgan fingerprint density at radius 2 is 1.13 bits per heavy atom. The molecule has 1 heterocycles. The molecule has 0 bridgehead atoms. The summed E-state index contributed by atoms with van der Waals surface area (Å²) in [4.78, 5) is 0. The molecule has 0 aromatic carbocycles. The van der Waals surface area contributed by atoms with Crippen molar-refractivity contribution in [3.05, 3.63) is 22.7 Å². The van der Waals surface area contributed by atoms with E-state index in [0.29, 0.717) is 5.92 Å². The van der Waals surface area contributed by atoms with E-state index >= 15 is 0 Å². The monoisotopic (exact) mass is 533 g/mol. The van der Waals surface area contributed by atoms with E-state index in [1.165, 1.54) is 101 Å². The summed E-state index contributed by atoms with van der Waals surface area (Å²) in [6.45, 7) is 22.0. The third-order valence-corrected chi connectivity index (χ3v) is 9.41. The number of hydrogen-bond acceptors (Lipinski definition) is 2. The minimum Gasteiger partial charge on any atom is -0.489 e. The standard InChI is InChI=1S/C34H62O2.C2H6/c1-8-13-17-28(10-3)19-15-23-34(24-16-20-29(11-4)18-14-9-2)25-35-32-30(12-5)21-22-31(27(6)7)33(32)36-26-34;1-2/h27-29H,8-26H2,1-7H3;1-2H3. The summed E-state index contributed by atoms with van der Waals surface area (Å²) in [5, 5.41) is 0. The molecule has 224 valence electrons. The highest BCUT2D eigenvalue weighted by Gasteiger charge is 2.38. The van der Waals surface area contributed by atoms with Gasteiger partial charge in [-0.15, -0.1) is 0 Å². The van der Waals surface area contributed by atoms with Crippen molar-refractivity contribution in [3.63, 3.8) is 0 Å². The maximum absolute atomic E-state index is 6.82.